The fourth-order valence-corrected chi connectivity index (χ4v) is 2.47. The van der Waals surface area contributed by atoms with Gasteiger partial charge < -0.3 is 9.63 Å². The van der Waals surface area contributed by atoms with Crippen molar-refractivity contribution in [3.63, 3.8) is 0 Å². The number of hydrogen-bond acceptors (Lipinski definition) is 5. The van der Waals surface area contributed by atoms with Crippen molar-refractivity contribution in [1.29, 1.82) is 0 Å². The zero-order chi connectivity index (χ0) is 12.5. The molecule has 5 heteroatoms. The lowest BCUT2D eigenvalue weighted by Gasteiger charge is -1.93. The van der Waals surface area contributed by atoms with Crippen molar-refractivity contribution in [3.8, 4) is 28.6 Å². The summed E-state index contributed by atoms with van der Waals surface area (Å²) in [6.45, 7) is 2.02. The third-order valence-corrected chi connectivity index (χ3v) is 3.50. The second kappa shape index (κ2) is 4.27. The monoisotopic (exact) mass is 258 g/mol. The molecule has 3 aromatic rings. The highest BCUT2D eigenvalue weighted by molar-refractivity contribution is 7.08. The number of benzene rings is 1. The molecule has 0 unspecified atom stereocenters. The highest BCUT2D eigenvalue weighted by Crippen LogP contribution is 2.27. The normalized spacial score (nSPS) is 10.7. The summed E-state index contributed by atoms with van der Waals surface area (Å²) in [6.07, 6.45) is 0. The van der Waals surface area contributed by atoms with Gasteiger partial charge in [-0.25, -0.2) is 0 Å². The topological polar surface area (TPSA) is 59.2 Å². The quantitative estimate of drug-likeness (QED) is 0.764. The SMILES string of the molecule is Cc1cscc1-c1noc(-c2ccc(O)cc2)n1. The van der Waals surface area contributed by atoms with Crippen molar-refractivity contribution in [2.24, 2.45) is 0 Å². The molecule has 2 aromatic heterocycles. The number of rotatable bonds is 2. The lowest BCUT2D eigenvalue weighted by molar-refractivity contribution is 0.432. The molecular weight excluding hydrogens is 248 g/mol. The predicted octanol–water partition coefficient (Wildman–Crippen LogP) is 3.48. The standard InChI is InChI=1S/C13H10N2O2S/c1-8-6-18-7-11(8)12-14-13(17-15-12)9-2-4-10(16)5-3-9/h2-7,16H,1H3. The van der Waals surface area contributed by atoms with Crippen molar-refractivity contribution in [2.75, 3.05) is 0 Å². The first-order chi connectivity index (χ1) is 8.74. The minimum Gasteiger partial charge on any atom is -0.508 e. The van der Waals surface area contributed by atoms with Crippen LogP contribution in [0.25, 0.3) is 22.8 Å². The van der Waals surface area contributed by atoms with Gasteiger partial charge in [0.25, 0.3) is 5.89 Å². The van der Waals surface area contributed by atoms with Crippen LogP contribution in [0.4, 0.5) is 0 Å². The zero-order valence-corrected chi connectivity index (χ0v) is 10.4. The molecule has 0 atom stereocenters. The Labute approximate surface area is 108 Å². The molecule has 0 saturated carbocycles. The van der Waals surface area contributed by atoms with E-state index in [-0.39, 0.29) is 5.75 Å². The highest BCUT2D eigenvalue weighted by Gasteiger charge is 2.12. The van der Waals surface area contributed by atoms with Crippen LogP contribution in [0, 0.1) is 6.92 Å². The van der Waals surface area contributed by atoms with Crippen molar-refractivity contribution in [3.05, 3.63) is 40.6 Å². The summed E-state index contributed by atoms with van der Waals surface area (Å²) in [5, 5.41) is 17.3. The molecule has 1 N–H and O–H groups in total. The Morgan fingerprint density at radius 1 is 1.17 bits per heavy atom. The van der Waals surface area contributed by atoms with E-state index in [0.717, 1.165) is 16.7 Å². The van der Waals surface area contributed by atoms with Crippen LogP contribution in [0.2, 0.25) is 0 Å². The molecule has 3 rings (SSSR count). The molecule has 90 valence electrons. The first-order valence-corrected chi connectivity index (χ1v) is 6.34. The average Bonchev–Trinajstić information content (AvgIpc) is 2.98. The van der Waals surface area contributed by atoms with Gasteiger partial charge in [0, 0.05) is 16.5 Å². The number of thiophene rings is 1. The third-order valence-electron chi connectivity index (χ3n) is 2.64. The second-order valence-electron chi connectivity index (χ2n) is 3.94. The van der Waals surface area contributed by atoms with Gasteiger partial charge in [0.15, 0.2) is 0 Å². The zero-order valence-electron chi connectivity index (χ0n) is 9.62. The van der Waals surface area contributed by atoms with Crippen LogP contribution in [0.15, 0.2) is 39.5 Å². The van der Waals surface area contributed by atoms with Gasteiger partial charge in [0.05, 0.1) is 0 Å². The molecule has 0 aliphatic carbocycles. The predicted molar refractivity (Wildman–Crippen MR) is 69.4 cm³/mol. The van der Waals surface area contributed by atoms with E-state index >= 15 is 0 Å². The number of phenols is 1. The molecule has 0 fully saturated rings. The van der Waals surface area contributed by atoms with Crippen LogP contribution in [-0.2, 0) is 0 Å². The van der Waals surface area contributed by atoms with Gasteiger partial charge >= 0.3 is 0 Å². The maximum atomic E-state index is 9.23. The molecular formula is C13H10N2O2S. The molecule has 1 aromatic carbocycles. The van der Waals surface area contributed by atoms with Crippen LogP contribution in [0.5, 0.6) is 5.75 Å². The summed E-state index contributed by atoms with van der Waals surface area (Å²) in [4.78, 5) is 4.36. The number of aromatic hydroxyl groups is 1. The van der Waals surface area contributed by atoms with Crippen LogP contribution in [0.1, 0.15) is 5.56 Å². The summed E-state index contributed by atoms with van der Waals surface area (Å²) in [5.74, 6) is 1.26. The molecule has 2 heterocycles. The van der Waals surface area contributed by atoms with Gasteiger partial charge in [0.1, 0.15) is 5.75 Å². The van der Waals surface area contributed by atoms with E-state index in [2.05, 4.69) is 10.1 Å². The Morgan fingerprint density at radius 3 is 2.61 bits per heavy atom. The highest BCUT2D eigenvalue weighted by atomic mass is 32.1. The fourth-order valence-electron chi connectivity index (χ4n) is 1.64. The van der Waals surface area contributed by atoms with E-state index in [1.165, 1.54) is 0 Å². The molecule has 0 aliphatic rings. The average molecular weight is 258 g/mol. The van der Waals surface area contributed by atoms with Gasteiger partial charge in [-0.05, 0) is 42.1 Å². The second-order valence-corrected chi connectivity index (χ2v) is 4.68. The van der Waals surface area contributed by atoms with E-state index in [4.69, 9.17) is 4.52 Å². The van der Waals surface area contributed by atoms with Crippen molar-refractivity contribution >= 4 is 11.3 Å². The Kier molecular flexibility index (Phi) is 2.60. The molecule has 18 heavy (non-hydrogen) atoms. The van der Waals surface area contributed by atoms with Crippen molar-refractivity contribution in [1.82, 2.24) is 10.1 Å². The summed E-state index contributed by atoms with van der Waals surface area (Å²) in [7, 11) is 0. The molecule has 0 bridgehead atoms. The van der Waals surface area contributed by atoms with Crippen molar-refractivity contribution < 1.29 is 9.63 Å². The number of aromatic nitrogens is 2. The minimum atomic E-state index is 0.215. The lowest BCUT2D eigenvalue weighted by atomic mass is 10.2. The van der Waals surface area contributed by atoms with E-state index in [1.54, 1.807) is 35.6 Å². The number of phenolic OH excluding ortho intramolecular Hbond substituents is 1. The van der Waals surface area contributed by atoms with Gasteiger partial charge in [-0.3, -0.25) is 0 Å². The molecule has 0 aliphatic heterocycles. The molecule has 0 saturated heterocycles. The number of aryl methyl sites for hydroxylation is 1. The van der Waals surface area contributed by atoms with Crippen LogP contribution < -0.4 is 0 Å². The lowest BCUT2D eigenvalue weighted by Crippen LogP contribution is -1.80. The smallest absolute Gasteiger partial charge is 0.258 e. The van der Waals surface area contributed by atoms with Gasteiger partial charge in [0.2, 0.25) is 5.82 Å². The Bertz CT molecular complexity index is 670. The summed E-state index contributed by atoms with van der Waals surface area (Å²) in [5.41, 5.74) is 2.92. The number of nitrogens with zero attached hydrogens (tertiary/aromatic N) is 2. The van der Waals surface area contributed by atoms with Gasteiger partial charge in [-0.2, -0.15) is 16.3 Å². The minimum absolute atomic E-state index is 0.215. The Hall–Kier alpha value is -2.14. The largest absolute Gasteiger partial charge is 0.508 e. The molecule has 0 amide bonds. The summed E-state index contributed by atoms with van der Waals surface area (Å²) >= 11 is 1.61. The maximum absolute atomic E-state index is 9.23. The van der Waals surface area contributed by atoms with Crippen LogP contribution in [0.3, 0.4) is 0 Å². The van der Waals surface area contributed by atoms with E-state index in [9.17, 15) is 5.11 Å². The Balaban J connectivity index is 1.99. The first kappa shape index (κ1) is 11.0. The fraction of sp³-hybridized carbons (Fsp3) is 0.0769. The number of hydrogen-bond donors (Lipinski definition) is 1. The van der Waals surface area contributed by atoms with E-state index in [1.807, 2.05) is 17.7 Å². The third kappa shape index (κ3) is 1.89. The van der Waals surface area contributed by atoms with Crippen LogP contribution in [-0.4, -0.2) is 15.2 Å². The Morgan fingerprint density at radius 2 is 1.94 bits per heavy atom. The van der Waals surface area contributed by atoms with Gasteiger partial charge in [-0.1, -0.05) is 5.16 Å². The maximum Gasteiger partial charge on any atom is 0.258 e. The van der Waals surface area contributed by atoms with E-state index in [0.29, 0.717) is 11.7 Å². The summed E-state index contributed by atoms with van der Waals surface area (Å²) < 4.78 is 5.23. The van der Waals surface area contributed by atoms with Crippen molar-refractivity contribution in [2.45, 2.75) is 6.92 Å². The molecule has 0 spiro atoms. The van der Waals surface area contributed by atoms with Gasteiger partial charge in [-0.15, -0.1) is 0 Å². The molecule has 4 nitrogen and oxygen atoms in total. The first-order valence-electron chi connectivity index (χ1n) is 5.40. The van der Waals surface area contributed by atoms with Crippen LogP contribution >= 0.6 is 11.3 Å². The summed E-state index contributed by atoms with van der Waals surface area (Å²) in [6, 6.07) is 6.67. The molecule has 0 radical (unpaired) electrons. The van der Waals surface area contributed by atoms with E-state index < -0.39 is 0 Å².